The van der Waals surface area contributed by atoms with Gasteiger partial charge in [-0.25, -0.2) is 4.79 Å². The molecule has 0 aliphatic carbocycles. The van der Waals surface area contributed by atoms with Crippen LogP contribution in [-0.4, -0.2) is 23.0 Å². The minimum atomic E-state index is -1.05. The Morgan fingerprint density at radius 3 is 2.43 bits per heavy atom. The zero-order valence-corrected chi connectivity index (χ0v) is 12.7. The van der Waals surface area contributed by atoms with E-state index in [1.165, 1.54) is 0 Å². The minimum absolute atomic E-state index is 0.246. The van der Waals surface area contributed by atoms with Crippen molar-refractivity contribution in [3.63, 3.8) is 0 Å². The zero-order valence-electron chi connectivity index (χ0n) is 11.1. The van der Waals surface area contributed by atoms with E-state index in [0.717, 1.165) is 10.0 Å². The van der Waals surface area contributed by atoms with Crippen molar-refractivity contribution < 1.29 is 14.7 Å². The molecule has 2 rings (SSSR count). The lowest BCUT2D eigenvalue weighted by Gasteiger charge is -2.14. The highest BCUT2D eigenvalue weighted by atomic mass is 79.9. The Morgan fingerprint density at radius 1 is 1.10 bits per heavy atom. The summed E-state index contributed by atoms with van der Waals surface area (Å²) >= 11 is 3.28. The fourth-order valence-electron chi connectivity index (χ4n) is 1.92. The molecule has 108 valence electrons. The van der Waals surface area contributed by atoms with Crippen molar-refractivity contribution in [2.24, 2.45) is 0 Å². The average Bonchev–Trinajstić information content (AvgIpc) is 2.47. The first-order valence-electron chi connectivity index (χ1n) is 6.39. The van der Waals surface area contributed by atoms with Gasteiger partial charge in [0.1, 0.15) is 6.04 Å². The number of carbonyl (C=O) groups excluding carboxylic acids is 1. The highest BCUT2D eigenvalue weighted by Crippen LogP contribution is 2.12. The van der Waals surface area contributed by atoms with Crippen LogP contribution in [0.1, 0.15) is 15.9 Å². The maximum absolute atomic E-state index is 12.1. The lowest BCUT2D eigenvalue weighted by Crippen LogP contribution is -2.42. The summed E-state index contributed by atoms with van der Waals surface area (Å²) in [5.41, 5.74) is 1.28. The summed E-state index contributed by atoms with van der Waals surface area (Å²) in [6.45, 7) is 0. The number of amides is 1. The fourth-order valence-corrected chi connectivity index (χ4v) is 2.32. The van der Waals surface area contributed by atoms with Gasteiger partial charge < -0.3 is 10.4 Å². The molecule has 0 heterocycles. The first-order chi connectivity index (χ1) is 10.1. The molecule has 0 saturated carbocycles. The molecule has 0 saturated heterocycles. The highest BCUT2D eigenvalue weighted by Gasteiger charge is 2.21. The number of hydrogen-bond donors (Lipinski definition) is 2. The van der Waals surface area contributed by atoms with Crippen LogP contribution in [0, 0.1) is 0 Å². The normalized spacial score (nSPS) is 11.7. The molecular formula is C16H14BrNO3. The molecule has 0 spiro atoms. The first-order valence-corrected chi connectivity index (χ1v) is 7.19. The maximum Gasteiger partial charge on any atom is 0.326 e. The molecular weight excluding hydrogens is 334 g/mol. The van der Waals surface area contributed by atoms with Gasteiger partial charge in [-0.1, -0.05) is 52.3 Å². The van der Waals surface area contributed by atoms with Crippen LogP contribution in [0.4, 0.5) is 0 Å². The van der Waals surface area contributed by atoms with Gasteiger partial charge in [-0.3, -0.25) is 4.79 Å². The van der Waals surface area contributed by atoms with Gasteiger partial charge >= 0.3 is 5.97 Å². The molecule has 5 heteroatoms. The van der Waals surface area contributed by atoms with Gasteiger partial charge in [0.25, 0.3) is 5.91 Å². The standard InChI is InChI=1S/C16H14BrNO3/c17-13-8-4-7-12(10-13)15(19)18-14(16(20)21)9-11-5-2-1-3-6-11/h1-8,10,14H,9H2,(H,18,19)(H,20,21). The van der Waals surface area contributed by atoms with E-state index in [2.05, 4.69) is 21.2 Å². The predicted molar refractivity (Wildman–Crippen MR) is 83.2 cm³/mol. The summed E-state index contributed by atoms with van der Waals surface area (Å²) in [6.07, 6.45) is 0.246. The van der Waals surface area contributed by atoms with Crippen molar-refractivity contribution in [2.45, 2.75) is 12.5 Å². The van der Waals surface area contributed by atoms with Crippen LogP contribution in [0.3, 0.4) is 0 Å². The molecule has 0 aliphatic heterocycles. The van der Waals surface area contributed by atoms with Gasteiger partial charge in [-0.2, -0.15) is 0 Å². The van der Waals surface area contributed by atoms with E-state index in [1.807, 2.05) is 30.3 Å². The second-order valence-electron chi connectivity index (χ2n) is 4.56. The van der Waals surface area contributed by atoms with E-state index in [4.69, 9.17) is 0 Å². The van der Waals surface area contributed by atoms with E-state index >= 15 is 0 Å². The lowest BCUT2D eigenvalue weighted by atomic mass is 10.1. The van der Waals surface area contributed by atoms with Gasteiger partial charge in [0, 0.05) is 16.5 Å². The topological polar surface area (TPSA) is 66.4 Å². The van der Waals surface area contributed by atoms with E-state index < -0.39 is 17.9 Å². The van der Waals surface area contributed by atoms with Crippen LogP contribution in [0.25, 0.3) is 0 Å². The number of carboxylic acids is 1. The summed E-state index contributed by atoms with van der Waals surface area (Å²) in [4.78, 5) is 23.4. The number of carbonyl (C=O) groups is 2. The summed E-state index contributed by atoms with van der Waals surface area (Å²) in [6, 6.07) is 15.1. The highest BCUT2D eigenvalue weighted by molar-refractivity contribution is 9.10. The summed E-state index contributed by atoms with van der Waals surface area (Å²) < 4.78 is 0.769. The van der Waals surface area contributed by atoms with Crippen molar-refractivity contribution in [1.82, 2.24) is 5.32 Å². The van der Waals surface area contributed by atoms with E-state index in [9.17, 15) is 14.7 Å². The number of nitrogens with one attached hydrogen (secondary N) is 1. The third kappa shape index (κ3) is 4.43. The Labute approximate surface area is 130 Å². The van der Waals surface area contributed by atoms with Crippen molar-refractivity contribution >= 4 is 27.8 Å². The van der Waals surface area contributed by atoms with E-state index in [0.29, 0.717) is 5.56 Å². The summed E-state index contributed by atoms with van der Waals surface area (Å²) in [7, 11) is 0. The monoisotopic (exact) mass is 347 g/mol. The maximum atomic E-state index is 12.1. The Hall–Kier alpha value is -2.14. The average molecular weight is 348 g/mol. The van der Waals surface area contributed by atoms with Crippen molar-refractivity contribution in [1.29, 1.82) is 0 Å². The van der Waals surface area contributed by atoms with E-state index in [1.54, 1.807) is 24.3 Å². The van der Waals surface area contributed by atoms with Crippen LogP contribution in [0.5, 0.6) is 0 Å². The Balaban J connectivity index is 2.10. The Morgan fingerprint density at radius 2 is 1.81 bits per heavy atom. The molecule has 4 nitrogen and oxygen atoms in total. The molecule has 1 amide bonds. The third-order valence-electron chi connectivity index (χ3n) is 2.97. The smallest absolute Gasteiger partial charge is 0.326 e. The Bertz CT molecular complexity index is 643. The van der Waals surface area contributed by atoms with Crippen LogP contribution in [0.15, 0.2) is 59.1 Å². The first kappa shape index (κ1) is 15.3. The fraction of sp³-hybridized carbons (Fsp3) is 0.125. The molecule has 2 aromatic rings. The second kappa shape index (κ2) is 7.04. The molecule has 0 aliphatic rings. The van der Waals surface area contributed by atoms with Crippen LogP contribution in [-0.2, 0) is 11.2 Å². The number of halogens is 1. The van der Waals surface area contributed by atoms with Gasteiger partial charge in [-0.15, -0.1) is 0 Å². The van der Waals surface area contributed by atoms with Gasteiger partial charge in [0.15, 0.2) is 0 Å². The Kier molecular flexibility index (Phi) is 5.11. The zero-order chi connectivity index (χ0) is 15.2. The molecule has 0 radical (unpaired) electrons. The second-order valence-corrected chi connectivity index (χ2v) is 5.48. The molecule has 21 heavy (non-hydrogen) atoms. The number of benzene rings is 2. The molecule has 1 atom stereocenters. The molecule has 1 unspecified atom stereocenters. The number of carboxylic acid groups (broad SMARTS) is 1. The minimum Gasteiger partial charge on any atom is -0.480 e. The molecule has 2 N–H and O–H groups in total. The molecule has 0 bridgehead atoms. The molecule has 0 aromatic heterocycles. The van der Waals surface area contributed by atoms with Crippen molar-refractivity contribution in [2.75, 3.05) is 0 Å². The van der Waals surface area contributed by atoms with Crippen LogP contribution in [0.2, 0.25) is 0 Å². The van der Waals surface area contributed by atoms with Gasteiger partial charge in [-0.05, 0) is 23.8 Å². The number of rotatable bonds is 5. The third-order valence-corrected chi connectivity index (χ3v) is 3.47. The summed E-state index contributed by atoms with van der Waals surface area (Å²) in [5, 5.41) is 11.8. The van der Waals surface area contributed by atoms with Crippen LogP contribution >= 0.6 is 15.9 Å². The van der Waals surface area contributed by atoms with Crippen molar-refractivity contribution in [3.8, 4) is 0 Å². The lowest BCUT2D eigenvalue weighted by molar-refractivity contribution is -0.139. The van der Waals surface area contributed by atoms with Crippen LogP contribution < -0.4 is 5.32 Å². The quantitative estimate of drug-likeness (QED) is 0.873. The van der Waals surface area contributed by atoms with Gasteiger partial charge in [0.05, 0.1) is 0 Å². The number of hydrogen-bond acceptors (Lipinski definition) is 2. The molecule has 0 fully saturated rings. The SMILES string of the molecule is O=C(NC(Cc1ccccc1)C(=O)O)c1cccc(Br)c1. The molecule has 2 aromatic carbocycles. The van der Waals surface area contributed by atoms with Gasteiger partial charge in [0.2, 0.25) is 0 Å². The predicted octanol–water partition coefficient (Wildman–Crippen LogP) is 2.87. The number of aliphatic carboxylic acids is 1. The largest absolute Gasteiger partial charge is 0.480 e. The van der Waals surface area contributed by atoms with E-state index in [-0.39, 0.29) is 6.42 Å². The summed E-state index contributed by atoms with van der Waals surface area (Å²) in [5.74, 6) is -1.46. The van der Waals surface area contributed by atoms with Crippen molar-refractivity contribution in [3.05, 3.63) is 70.2 Å².